The Morgan fingerprint density at radius 2 is 2.32 bits per heavy atom. The van der Waals surface area contributed by atoms with E-state index in [1.807, 2.05) is 0 Å². The number of carbonyl (C=O) groups excluding carboxylic acids is 1. The summed E-state index contributed by atoms with van der Waals surface area (Å²) in [5, 5.41) is 0.585. The van der Waals surface area contributed by atoms with Crippen LogP contribution in [0.5, 0.6) is 5.75 Å². The molecule has 100 valence electrons. The lowest BCUT2D eigenvalue weighted by atomic mass is 10.2. The van der Waals surface area contributed by atoms with Gasteiger partial charge in [0.05, 0.1) is 24.1 Å². The number of thioether (sulfide) groups is 1. The third kappa shape index (κ3) is 3.52. The molecule has 0 aliphatic rings. The molecule has 1 aromatic carbocycles. The summed E-state index contributed by atoms with van der Waals surface area (Å²) >= 11 is 7.27. The highest BCUT2D eigenvalue weighted by Gasteiger charge is 2.11. The molecule has 2 aromatic rings. The van der Waals surface area contributed by atoms with Crippen molar-refractivity contribution in [3.05, 3.63) is 35.3 Å². The monoisotopic (exact) mass is 297 g/mol. The highest BCUT2D eigenvalue weighted by atomic mass is 35.5. The molecule has 2 rings (SSSR count). The molecule has 0 spiro atoms. The number of oxazole rings is 1. The van der Waals surface area contributed by atoms with E-state index < -0.39 is 0 Å². The summed E-state index contributed by atoms with van der Waals surface area (Å²) in [6.45, 7) is 1.51. The van der Waals surface area contributed by atoms with Crippen molar-refractivity contribution in [2.75, 3.05) is 7.11 Å². The molecule has 0 aliphatic heterocycles. The van der Waals surface area contributed by atoms with Gasteiger partial charge in [-0.2, -0.15) is 0 Å². The average Bonchev–Trinajstić information content (AvgIpc) is 2.85. The SMILES string of the molecule is COc1ccc(Cl)c(-c2cnc(CSC(C)=O)o2)c1. The summed E-state index contributed by atoms with van der Waals surface area (Å²) in [7, 11) is 1.59. The molecule has 4 nitrogen and oxygen atoms in total. The summed E-state index contributed by atoms with van der Waals surface area (Å²) in [6.07, 6.45) is 1.59. The fraction of sp³-hybridized carbons (Fsp3) is 0.231. The minimum Gasteiger partial charge on any atom is -0.497 e. The number of halogens is 1. The number of carbonyl (C=O) groups is 1. The second kappa shape index (κ2) is 6.12. The number of hydrogen-bond acceptors (Lipinski definition) is 5. The fourth-order valence-corrected chi connectivity index (χ4v) is 2.16. The highest BCUT2D eigenvalue weighted by Crippen LogP contribution is 2.32. The first-order chi connectivity index (χ1) is 9.10. The highest BCUT2D eigenvalue weighted by molar-refractivity contribution is 8.12. The van der Waals surface area contributed by atoms with E-state index in [1.165, 1.54) is 6.92 Å². The molecular formula is C13H12ClNO3S. The van der Waals surface area contributed by atoms with E-state index in [4.69, 9.17) is 20.8 Å². The van der Waals surface area contributed by atoms with Gasteiger partial charge in [0.1, 0.15) is 5.75 Å². The van der Waals surface area contributed by atoms with Gasteiger partial charge in [-0.3, -0.25) is 4.79 Å². The van der Waals surface area contributed by atoms with Crippen LogP contribution in [0.4, 0.5) is 0 Å². The van der Waals surface area contributed by atoms with Crippen LogP contribution in [0.1, 0.15) is 12.8 Å². The van der Waals surface area contributed by atoms with Gasteiger partial charge in [-0.05, 0) is 18.2 Å². The fourth-order valence-electron chi connectivity index (χ4n) is 1.49. The Hall–Kier alpha value is -1.46. The maximum atomic E-state index is 10.9. The third-order valence-electron chi connectivity index (χ3n) is 2.39. The zero-order chi connectivity index (χ0) is 13.8. The van der Waals surface area contributed by atoms with Crippen LogP contribution in [-0.4, -0.2) is 17.2 Å². The first-order valence-electron chi connectivity index (χ1n) is 5.52. The van der Waals surface area contributed by atoms with E-state index in [0.29, 0.717) is 33.7 Å². The maximum absolute atomic E-state index is 10.9. The van der Waals surface area contributed by atoms with Gasteiger partial charge in [0, 0.05) is 12.5 Å². The van der Waals surface area contributed by atoms with Crippen molar-refractivity contribution in [1.82, 2.24) is 4.98 Å². The molecule has 1 aromatic heterocycles. The molecule has 0 atom stereocenters. The van der Waals surface area contributed by atoms with Crippen molar-refractivity contribution in [1.29, 1.82) is 0 Å². The molecule has 0 N–H and O–H groups in total. The number of aromatic nitrogens is 1. The number of nitrogens with zero attached hydrogens (tertiary/aromatic N) is 1. The van der Waals surface area contributed by atoms with E-state index in [1.54, 1.807) is 31.5 Å². The minimum atomic E-state index is 0.0270. The summed E-state index contributed by atoms with van der Waals surface area (Å²) < 4.78 is 10.7. The van der Waals surface area contributed by atoms with Crippen LogP contribution in [0.3, 0.4) is 0 Å². The second-order valence-electron chi connectivity index (χ2n) is 3.74. The number of rotatable bonds is 4. The van der Waals surface area contributed by atoms with Gasteiger partial charge in [-0.25, -0.2) is 4.98 Å². The number of hydrogen-bond donors (Lipinski definition) is 0. The molecule has 0 radical (unpaired) electrons. The standard InChI is InChI=1S/C13H12ClNO3S/c1-8(16)19-7-13-15-6-12(18-13)10-5-9(17-2)3-4-11(10)14/h3-6H,7H2,1-2H3. The topological polar surface area (TPSA) is 52.3 Å². The smallest absolute Gasteiger partial charge is 0.205 e. The molecule has 0 unspecified atom stereocenters. The molecule has 0 bridgehead atoms. The van der Waals surface area contributed by atoms with Crippen LogP contribution in [0.2, 0.25) is 5.02 Å². The average molecular weight is 298 g/mol. The maximum Gasteiger partial charge on any atom is 0.205 e. The van der Waals surface area contributed by atoms with Crippen molar-refractivity contribution >= 4 is 28.5 Å². The Labute approximate surface area is 120 Å². The Bertz CT molecular complexity index is 597. The molecular weight excluding hydrogens is 286 g/mol. The van der Waals surface area contributed by atoms with Crippen LogP contribution >= 0.6 is 23.4 Å². The van der Waals surface area contributed by atoms with E-state index in [2.05, 4.69) is 4.98 Å². The summed E-state index contributed by atoms with van der Waals surface area (Å²) in [5.41, 5.74) is 0.715. The first-order valence-corrected chi connectivity index (χ1v) is 6.88. The van der Waals surface area contributed by atoms with Gasteiger partial charge < -0.3 is 9.15 Å². The Balaban J connectivity index is 2.24. The van der Waals surface area contributed by atoms with Crippen LogP contribution < -0.4 is 4.74 Å². The Kier molecular flexibility index (Phi) is 4.50. The van der Waals surface area contributed by atoms with Crippen LogP contribution in [0.25, 0.3) is 11.3 Å². The molecule has 0 saturated heterocycles. The number of benzene rings is 1. The van der Waals surface area contributed by atoms with E-state index in [9.17, 15) is 4.79 Å². The summed E-state index contributed by atoms with van der Waals surface area (Å²) in [5.74, 6) is 2.16. The predicted octanol–water partition coefficient (Wildman–Crippen LogP) is 3.78. The van der Waals surface area contributed by atoms with Crippen molar-refractivity contribution in [2.45, 2.75) is 12.7 Å². The van der Waals surface area contributed by atoms with Crippen LogP contribution in [0.15, 0.2) is 28.8 Å². The number of methoxy groups -OCH3 is 1. The molecule has 0 amide bonds. The molecule has 0 saturated carbocycles. The normalized spacial score (nSPS) is 10.5. The van der Waals surface area contributed by atoms with Crippen molar-refractivity contribution in [3.63, 3.8) is 0 Å². The predicted molar refractivity (Wildman–Crippen MR) is 75.5 cm³/mol. The lowest BCUT2D eigenvalue weighted by molar-refractivity contribution is -0.109. The minimum absolute atomic E-state index is 0.0270. The summed E-state index contributed by atoms with van der Waals surface area (Å²) in [4.78, 5) is 15.0. The third-order valence-corrected chi connectivity index (χ3v) is 3.52. The Morgan fingerprint density at radius 1 is 1.53 bits per heavy atom. The summed E-state index contributed by atoms with van der Waals surface area (Å²) in [6, 6.07) is 5.29. The van der Waals surface area contributed by atoms with Gasteiger partial charge in [-0.15, -0.1) is 0 Å². The zero-order valence-electron chi connectivity index (χ0n) is 10.5. The van der Waals surface area contributed by atoms with Gasteiger partial charge in [0.15, 0.2) is 10.9 Å². The van der Waals surface area contributed by atoms with Gasteiger partial charge >= 0.3 is 0 Å². The molecule has 0 fully saturated rings. The lowest BCUT2D eigenvalue weighted by Gasteiger charge is -2.04. The van der Waals surface area contributed by atoms with Gasteiger partial charge in [0.2, 0.25) is 5.89 Å². The zero-order valence-corrected chi connectivity index (χ0v) is 12.0. The van der Waals surface area contributed by atoms with E-state index >= 15 is 0 Å². The Morgan fingerprint density at radius 3 is 3.00 bits per heavy atom. The molecule has 19 heavy (non-hydrogen) atoms. The quantitative estimate of drug-likeness (QED) is 0.859. The second-order valence-corrected chi connectivity index (χ2v) is 5.30. The van der Waals surface area contributed by atoms with Crippen molar-refractivity contribution < 1.29 is 13.9 Å². The van der Waals surface area contributed by atoms with Crippen molar-refractivity contribution in [2.24, 2.45) is 0 Å². The molecule has 6 heteroatoms. The largest absolute Gasteiger partial charge is 0.497 e. The van der Waals surface area contributed by atoms with Gasteiger partial charge in [0.25, 0.3) is 0 Å². The number of ether oxygens (including phenoxy) is 1. The van der Waals surface area contributed by atoms with Crippen LogP contribution in [0, 0.1) is 0 Å². The lowest BCUT2D eigenvalue weighted by Crippen LogP contribution is -1.85. The van der Waals surface area contributed by atoms with E-state index in [0.717, 1.165) is 11.8 Å². The molecule has 0 aliphatic carbocycles. The van der Waals surface area contributed by atoms with Gasteiger partial charge in [-0.1, -0.05) is 23.4 Å². The molecule has 1 heterocycles. The van der Waals surface area contributed by atoms with Crippen molar-refractivity contribution in [3.8, 4) is 17.1 Å². The first kappa shape index (κ1) is 14.0. The van der Waals surface area contributed by atoms with E-state index in [-0.39, 0.29) is 5.12 Å². The van der Waals surface area contributed by atoms with Crippen LogP contribution in [-0.2, 0) is 10.5 Å².